The molecule has 0 amide bonds. The Balaban J connectivity index is 2.15. The summed E-state index contributed by atoms with van der Waals surface area (Å²) in [6.45, 7) is 2.30. The lowest BCUT2D eigenvalue weighted by Gasteiger charge is -2.38. The van der Waals surface area contributed by atoms with E-state index in [9.17, 15) is 4.79 Å². The molecule has 1 aliphatic heterocycles. The third-order valence-electron chi connectivity index (χ3n) is 3.72. The number of hydrogen-bond acceptors (Lipinski definition) is 2. The SMILES string of the molecule is CC1CCCC2(CC(=O)OC2CI)C1. The van der Waals surface area contributed by atoms with E-state index in [4.69, 9.17) is 4.74 Å². The molecule has 2 nitrogen and oxygen atoms in total. The summed E-state index contributed by atoms with van der Waals surface area (Å²) in [4.78, 5) is 11.4. The minimum absolute atomic E-state index is 0.0285. The first-order valence-electron chi connectivity index (χ1n) is 5.42. The topological polar surface area (TPSA) is 26.3 Å². The fraction of sp³-hybridized carbons (Fsp3) is 0.909. The van der Waals surface area contributed by atoms with E-state index in [-0.39, 0.29) is 17.5 Å². The molecule has 0 aromatic carbocycles. The summed E-state index contributed by atoms with van der Waals surface area (Å²) >= 11 is 2.34. The van der Waals surface area contributed by atoms with Crippen molar-refractivity contribution in [2.24, 2.45) is 11.3 Å². The summed E-state index contributed by atoms with van der Waals surface area (Å²) in [6, 6.07) is 0. The van der Waals surface area contributed by atoms with E-state index in [2.05, 4.69) is 29.5 Å². The van der Waals surface area contributed by atoms with Crippen LogP contribution >= 0.6 is 22.6 Å². The van der Waals surface area contributed by atoms with Gasteiger partial charge in [0.2, 0.25) is 0 Å². The summed E-state index contributed by atoms with van der Waals surface area (Å²) in [5, 5.41) is 0. The van der Waals surface area contributed by atoms with Crippen LogP contribution in [0.5, 0.6) is 0 Å². The number of carbonyl (C=O) groups is 1. The molecule has 0 aromatic rings. The molecule has 1 saturated carbocycles. The van der Waals surface area contributed by atoms with Gasteiger partial charge in [-0.25, -0.2) is 0 Å². The van der Waals surface area contributed by atoms with E-state index in [1.54, 1.807) is 0 Å². The van der Waals surface area contributed by atoms with Gasteiger partial charge in [-0.05, 0) is 18.8 Å². The second-order valence-electron chi connectivity index (χ2n) is 4.87. The van der Waals surface area contributed by atoms with Gasteiger partial charge in [-0.15, -0.1) is 0 Å². The lowest BCUT2D eigenvalue weighted by Crippen LogP contribution is -2.36. The molecule has 0 N–H and O–H groups in total. The van der Waals surface area contributed by atoms with Crippen molar-refractivity contribution in [3.05, 3.63) is 0 Å². The molecule has 1 aliphatic carbocycles. The molecule has 3 heteroatoms. The fourth-order valence-electron chi connectivity index (χ4n) is 3.08. The zero-order chi connectivity index (χ0) is 10.2. The van der Waals surface area contributed by atoms with E-state index in [0.717, 1.165) is 10.3 Å². The van der Waals surface area contributed by atoms with Crippen LogP contribution in [0.3, 0.4) is 0 Å². The second kappa shape index (κ2) is 3.99. The molecule has 3 unspecified atom stereocenters. The van der Waals surface area contributed by atoms with E-state index in [1.165, 1.54) is 25.7 Å². The smallest absolute Gasteiger partial charge is 0.306 e. The molecule has 14 heavy (non-hydrogen) atoms. The molecule has 2 aliphatic rings. The first-order valence-corrected chi connectivity index (χ1v) is 6.94. The van der Waals surface area contributed by atoms with Gasteiger partial charge in [-0.2, -0.15) is 0 Å². The van der Waals surface area contributed by atoms with E-state index >= 15 is 0 Å². The third-order valence-corrected chi connectivity index (χ3v) is 4.52. The predicted molar refractivity (Wildman–Crippen MR) is 63.4 cm³/mol. The Labute approximate surface area is 98.9 Å². The highest BCUT2D eigenvalue weighted by Gasteiger charge is 2.49. The number of cyclic esters (lactones) is 1. The highest BCUT2D eigenvalue weighted by Crippen LogP contribution is 2.49. The number of ether oxygens (including phenoxy) is 1. The Morgan fingerprint density at radius 3 is 3.07 bits per heavy atom. The standard InChI is InChI=1S/C11H17IO2/c1-8-3-2-4-11(5-8)6-10(13)14-9(11)7-12/h8-9H,2-7H2,1H3. The van der Waals surface area contributed by atoms with E-state index < -0.39 is 0 Å². The largest absolute Gasteiger partial charge is 0.461 e. The van der Waals surface area contributed by atoms with Crippen LogP contribution in [0.25, 0.3) is 0 Å². The highest BCUT2D eigenvalue weighted by atomic mass is 127. The second-order valence-corrected chi connectivity index (χ2v) is 5.75. The maximum Gasteiger partial charge on any atom is 0.306 e. The lowest BCUT2D eigenvalue weighted by molar-refractivity contribution is -0.140. The van der Waals surface area contributed by atoms with E-state index in [1.807, 2.05) is 0 Å². The maximum atomic E-state index is 11.4. The summed E-state index contributed by atoms with van der Waals surface area (Å²) < 4.78 is 6.36. The van der Waals surface area contributed by atoms with Crippen LogP contribution in [0, 0.1) is 11.3 Å². The molecule has 0 aromatic heterocycles. The Morgan fingerprint density at radius 2 is 2.43 bits per heavy atom. The quantitative estimate of drug-likeness (QED) is 0.423. The number of halogens is 1. The molecule has 80 valence electrons. The van der Waals surface area contributed by atoms with Gasteiger partial charge >= 0.3 is 5.97 Å². The van der Waals surface area contributed by atoms with Crippen LogP contribution < -0.4 is 0 Å². The number of alkyl halides is 1. The van der Waals surface area contributed by atoms with Gasteiger partial charge in [-0.1, -0.05) is 42.4 Å². The Hall–Kier alpha value is 0.200. The predicted octanol–water partition coefficient (Wildman–Crippen LogP) is 2.93. The summed E-state index contributed by atoms with van der Waals surface area (Å²) in [6.07, 6.45) is 5.83. The van der Waals surface area contributed by atoms with Gasteiger partial charge in [0, 0.05) is 9.84 Å². The molecule has 0 bridgehead atoms. The first-order chi connectivity index (χ1) is 6.66. The minimum Gasteiger partial charge on any atom is -0.461 e. The molecule has 1 saturated heterocycles. The molecular weight excluding hydrogens is 291 g/mol. The zero-order valence-corrected chi connectivity index (χ0v) is 10.7. The molecular formula is C11H17IO2. The van der Waals surface area contributed by atoms with Crippen molar-refractivity contribution in [3.8, 4) is 0 Å². The van der Waals surface area contributed by atoms with Crippen LogP contribution in [0.2, 0.25) is 0 Å². The molecule has 2 rings (SSSR count). The molecule has 3 atom stereocenters. The molecule has 2 fully saturated rings. The van der Waals surface area contributed by atoms with Crippen molar-refractivity contribution in [1.82, 2.24) is 0 Å². The number of esters is 1. The van der Waals surface area contributed by atoms with E-state index in [0.29, 0.717) is 6.42 Å². The Bertz CT molecular complexity index is 241. The normalized spacial score (nSPS) is 42.9. The molecule has 1 heterocycles. The van der Waals surface area contributed by atoms with Gasteiger partial charge in [-0.3, -0.25) is 4.79 Å². The number of carbonyl (C=O) groups excluding carboxylic acids is 1. The highest BCUT2D eigenvalue weighted by molar-refractivity contribution is 14.1. The Morgan fingerprint density at radius 1 is 1.64 bits per heavy atom. The average Bonchev–Trinajstić information content (AvgIpc) is 2.41. The van der Waals surface area contributed by atoms with Crippen molar-refractivity contribution in [2.75, 3.05) is 4.43 Å². The van der Waals surface area contributed by atoms with Crippen molar-refractivity contribution in [2.45, 2.75) is 45.1 Å². The summed E-state index contributed by atoms with van der Waals surface area (Å²) in [5.74, 6) is 0.796. The third kappa shape index (κ3) is 1.79. The Kier molecular flexibility index (Phi) is 3.05. The van der Waals surface area contributed by atoms with Crippen LogP contribution in [-0.4, -0.2) is 16.5 Å². The summed E-state index contributed by atoms with van der Waals surface area (Å²) in [5.41, 5.74) is 0.204. The van der Waals surface area contributed by atoms with Crippen LogP contribution in [0.1, 0.15) is 39.0 Å². The van der Waals surface area contributed by atoms with Crippen molar-refractivity contribution in [3.63, 3.8) is 0 Å². The first kappa shape index (κ1) is 10.7. The maximum absolute atomic E-state index is 11.4. The van der Waals surface area contributed by atoms with Gasteiger partial charge < -0.3 is 4.74 Å². The average molecular weight is 308 g/mol. The summed E-state index contributed by atoms with van der Waals surface area (Å²) in [7, 11) is 0. The van der Waals surface area contributed by atoms with Gasteiger partial charge in [0.15, 0.2) is 0 Å². The minimum atomic E-state index is 0.0285. The van der Waals surface area contributed by atoms with Crippen molar-refractivity contribution < 1.29 is 9.53 Å². The van der Waals surface area contributed by atoms with Gasteiger partial charge in [0.1, 0.15) is 6.10 Å². The van der Waals surface area contributed by atoms with Crippen LogP contribution in [-0.2, 0) is 9.53 Å². The van der Waals surface area contributed by atoms with Gasteiger partial charge in [0.25, 0.3) is 0 Å². The molecule has 0 radical (unpaired) electrons. The number of rotatable bonds is 1. The van der Waals surface area contributed by atoms with Crippen LogP contribution in [0.15, 0.2) is 0 Å². The fourth-order valence-corrected chi connectivity index (χ4v) is 4.19. The number of hydrogen-bond donors (Lipinski definition) is 0. The monoisotopic (exact) mass is 308 g/mol. The lowest BCUT2D eigenvalue weighted by atomic mass is 9.66. The van der Waals surface area contributed by atoms with Crippen molar-refractivity contribution in [1.29, 1.82) is 0 Å². The molecule has 1 spiro atoms. The van der Waals surface area contributed by atoms with Crippen LogP contribution in [0.4, 0.5) is 0 Å². The van der Waals surface area contributed by atoms with Crippen molar-refractivity contribution >= 4 is 28.6 Å². The zero-order valence-electron chi connectivity index (χ0n) is 8.59. The van der Waals surface area contributed by atoms with Gasteiger partial charge in [0.05, 0.1) is 6.42 Å².